The molecule has 0 radical (unpaired) electrons. The van der Waals surface area contributed by atoms with Crippen LogP contribution in [0.2, 0.25) is 5.02 Å². The number of halogens is 1. The molecule has 168 valence electrons. The lowest BCUT2D eigenvalue weighted by Crippen LogP contribution is -2.28. The highest BCUT2D eigenvalue weighted by Gasteiger charge is 2.32. The molecule has 0 saturated carbocycles. The molecule has 0 spiro atoms. The van der Waals surface area contributed by atoms with E-state index in [-0.39, 0.29) is 18.2 Å². The summed E-state index contributed by atoms with van der Waals surface area (Å²) < 4.78 is 10.8. The highest BCUT2D eigenvalue weighted by Crippen LogP contribution is 2.29. The van der Waals surface area contributed by atoms with Crippen molar-refractivity contribution in [1.29, 1.82) is 0 Å². The number of nitrogens with one attached hydrogen (secondary N) is 2. The number of anilines is 1. The van der Waals surface area contributed by atoms with E-state index in [4.69, 9.17) is 20.8 Å². The maximum atomic E-state index is 12.3. The molecule has 1 fully saturated rings. The van der Waals surface area contributed by atoms with Crippen molar-refractivity contribution in [3.8, 4) is 17.1 Å². The van der Waals surface area contributed by atoms with Gasteiger partial charge in [-0.1, -0.05) is 35.5 Å². The fraction of sp³-hybridized carbons (Fsp3) is 0.130. The van der Waals surface area contributed by atoms with Gasteiger partial charge in [-0.2, -0.15) is 5.10 Å². The van der Waals surface area contributed by atoms with Crippen LogP contribution in [0.4, 0.5) is 5.69 Å². The van der Waals surface area contributed by atoms with Gasteiger partial charge in [0.15, 0.2) is 5.17 Å². The first-order valence-electron chi connectivity index (χ1n) is 9.89. The fourth-order valence-electron chi connectivity index (χ4n) is 3.01. The predicted molar refractivity (Wildman–Crippen MR) is 130 cm³/mol. The predicted octanol–water partition coefficient (Wildman–Crippen LogP) is 4.56. The zero-order valence-corrected chi connectivity index (χ0v) is 19.0. The van der Waals surface area contributed by atoms with Gasteiger partial charge in [-0.25, -0.2) is 0 Å². The highest BCUT2D eigenvalue weighted by atomic mass is 35.5. The zero-order chi connectivity index (χ0) is 23.2. The van der Waals surface area contributed by atoms with Crippen LogP contribution in [0.25, 0.3) is 11.3 Å². The second-order valence-electron chi connectivity index (χ2n) is 6.91. The Balaban J connectivity index is 1.32. The van der Waals surface area contributed by atoms with Crippen molar-refractivity contribution < 1.29 is 18.7 Å². The number of ether oxygens (including phenoxy) is 1. The fourth-order valence-corrected chi connectivity index (χ4v) is 4.16. The van der Waals surface area contributed by atoms with Gasteiger partial charge in [-0.3, -0.25) is 9.59 Å². The summed E-state index contributed by atoms with van der Waals surface area (Å²) in [5, 5.41) is 13.7. The smallest absolute Gasteiger partial charge is 0.240 e. The number of benzene rings is 2. The summed E-state index contributed by atoms with van der Waals surface area (Å²) in [4.78, 5) is 24.5. The molecule has 2 amide bonds. The molecule has 4 rings (SSSR count). The summed E-state index contributed by atoms with van der Waals surface area (Å²) in [6.07, 6.45) is 1.44. The van der Waals surface area contributed by atoms with E-state index in [0.717, 1.165) is 17.3 Å². The number of furan rings is 1. The first-order valence-corrected chi connectivity index (χ1v) is 11.1. The molecule has 8 nitrogen and oxygen atoms in total. The summed E-state index contributed by atoms with van der Waals surface area (Å²) in [5.41, 5.74) is 1.40. The summed E-state index contributed by atoms with van der Waals surface area (Å²) >= 11 is 7.34. The lowest BCUT2D eigenvalue weighted by atomic mass is 10.2. The van der Waals surface area contributed by atoms with Gasteiger partial charge < -0.3 is 19.8 Å². The Labute approximate surface area is 199 Å². The molecule has 2 aromatic carbocycles. The number of hydrogen-bond acceptors (Lipinski definition) is 7. The van der Waals surface area contributed by atoms with E-state index >= 15 is 0 Å². The normalized spacial score (nSPS) is 16.8. The van der Waals surface area contributed by atoms with Gasteiger partial charge in [0.2, 0.25) is 11.8 Å². The average molecular weight is 483 g/mol. The van der Waals surface area contributed by atoms with Crippen molar-refractivity contribution in [3.63, 3.8) is 0 Å². The molecule has 10 heteroatoms. The van der Waals surface area contributed by atoms with Crippen LogP contribution in [-0.4, -0.2) is 35.6 Å². The maximum absolute atomic E-state index is 12.3. The summed E-state index contributed by atoms with van der Waals surface area (Å²) in [5.74, 6) is 1.22. The minimum atomic E-state index is -0.590. The first-order chi connectivity index (χ1) is 16.0. The van der Waals surface area contributed by atoms with E-state index < -0.39 is 5.25 Å². The van der Waals surface area contributed by atoms with Crippen LogP contribution in [0, 0.1) is 0 Å². The average Bonchev–Trinajstić information content (AvgIpc) is 3.41. The van der Waals surface area contributed by atoms with Crippen molar-refractivity contribution >= 4 is 52.2 Å². The van der Waals surface area contributed by atoms with E-state index in [0.29, 0.717) is 33.1 Å². The Morgan fingerprint density at radius 3 is 2.76 bits per heavy atom. The first kappa shape index (κ1) is 22.6. The lowest BCUT2D eigenvalue weighted by molar-refractivity contribution is -0.122. The van der Waals surface area contributed by atoms with Crippen LogP contribution in [0.5, 0.6) is 5.75 Å². The second-order valence-corrected chi connectivity index (χ2v) is 8.51. The maximum Gasteiger partial charge on any atom is 0.240 e. The molecule has 0 bridgehead atoms. The molecule has 2 heterocycles. The Bertz CT molecular complexity index is 1220. The topological polar surface area (TPSA) is 105 Å². The third-order valence-corrected chi connectivity index (χ3v) is 6.02. The second kappa shape index (κ2) is 10.4. The number of amides is 2. The summed E-state index contributed by atoms with van der Waals surface area (Å²) in [6.45, 7) is 0. The Morgan fingerprint density at radius 2 is 2.00 bits per heavy atom. The Hall–Kier alpha value is -3.56. The molecule has 1 aromatic heterocycles. The van der Waals surface area contributed by atoms with E-state index in [9.17, 15) is 9.59 Å². The standard InChI is InChI=1S/C23H19ClN4O4S/c1-31-15-8-6-14(7-9-15)26-21(29)12-20-22(30)27-23(33-20)28-25-13-16-10-11-19(32-16)17-4-2-3-5-18(17)24/h2-11,13,20H,12H2,1H3,(H,26,29)(H,27,28,30)/b25-13+. The van der Waals surface area contributed by atoms with Crippen molar-refractivity contribution in [3.05, 3.63) is 71.4 Å². The Kier molecular flexibility index (Phi) is 7.11. The molecule has 3 aromatic rings. The number of nitrogens with zero attached hydrogens (tertiary/aromatic N) is 2. The Morgan fingerprint density at radius 1 is 1.21 bits per heavy atom. The van der Waals surface area contributed by atoms with E-state index in [1.807, 2.05) is 18.2 Å². The van der Waals surface area contributed by atoms with Gasteiger partial charge in [0.1, 0.15) is 22.5 Å². The molecular weight excluding hydrogens is 464 g/mol. The van der Waals surface area contributed by atoms with Gasteiger partial charge in [-0.15, -0.1) is 5.10 Å². The minimum absolute atomic E-state index is 0.00461. The number of thioether (sulfide) groups is 1. The molecule has 1 aliphatic rings. The SMILES string of the molecule is COc1ccc(NC(=O)CC2S/C(=N\N=C\c3ccc(-c4ccccc4Cl)o3)NC2=O)cc1. The van der Waals surface area contributed by atoms with Gasteiger partial charge >= 0.3 is 0 Å². The van der Waals surface area contributed by atoms with E-state index in [1.54, 1.807) is 49.6 Å². The molecule has 1 aliphatic heterocycles. The van der Waals surface area contributed by atoms with Crippen molar-refractivity contribution in [2.45, 2.75) is 11.7 Å². The van der Waals surface area contributed by atoms with Crippen molar-refractivity contribution in [2.24, 2.45) is 10.2 Å². The number of methoxy groups -OCH3 is 1. The quantitative estimate of drug-likeness (QED) is 0.379. The van der Waals surface area contributed by atoms with Crippen LogP contribution in [0.1, 0.15) is 12.2 Å². The summed E-state index contributed by atoms with van der Waals surface area (Å²) in [7, 11) is 1.57. The number of rotatable bonds is 7. The third kappa shape index (κ3) is 5.82. The van der Waals surface area contributed by atoms with E-state index in [2.05, 4.69) is 20.8 Å². The van der Waals surface area contributed by atoms with E-state index in [1.165, 1.54) is 6.21 Å². The number of amidine groups is 1. The third-order valence-electron chi connectivity index (χ3n) is 4.62. The molecule has 2 N–H and O–H groups in total. The number of carbonyl (C=O) groups excluding carboxylic acids is 2. The van der Waals surface area contributed by atoms with Gasteiger partial charge in [-0.05, 0) is 48.5 Å². The largest absolute Gasteiger partial charge is 0.497 e. The van der Waals surface area contributed by atoms with Crippen LogP contribution in [0.15, 0.2) is 75.3 Å². The van der Waals surface area contributed by atoms with Crippen molar-refractivity contribution in [2.75, 3.05) is 12.4 Å². The van der Waals surface area contributed by atoms with Crippen LogP contribution in [0.3, 0.4) is 0 Å². The molecule has 1 saturated heterocycles. The number of hydrogen-bond donors (Lipinski definition) is 2. The van der Waals surface area contributed by atoms with Gasteiger partial charge in [0, 0.05) is 17.7 Å². The monoisotopic (exact) mass is 482 g/mol. The molecular formula is C23H19ClN4O4S. The van der Waals surface area contributed by atoms with Gasteiger partial charge in [0.25, 0.3) is 0 Å². The molecule has 0 aliphatic carbocycles. The number of carbonyl (C=O) groups is 2. The van der Waals surface area contributed by atoms with Crippen LogP contribution < -0.4 is 15.4 Å². The molecule has 1 atom stereocenters. The highest BCUT2D eigenvalue weighted by molar-refractivity contribution is 8.15. The van der Waals surface area contributed by atoms with Crippen LogP contribution >= 0.6 is 23.4 Å². The lowest BCUT2D eigenvalue weighted by Gasteiger charge is -2.08. The van der Waals surface area contributed by atoms with Gasteiger partial charge in [0.05, 0.1) is 18.3 Å². The minimum Gasteiger partial charge on any atom is -0.497 e. The molecule has 33 heavy (non-hydrogen) atoms. The van der Waals surface area contributed by atoms with Crippen LogP contribution in [-0.2, 0) is 9.59 Å². The summed E-state index contributed by atoms with van der Waals surface area (Å²) in [6, 6.07) is 17.8. The zero-order valence-electron chi connectivity index (χ0n) is 17.4. The van der Waals surface area contributed by atoms with Crippen molar-refractivity contribution in [1.82, 2.24) is 5.32 Å². The molecule has 1 unspecified atom stereocenters.